The molecule has 114 valence electrons. The number of likely N-dealkylation sites (N-methyl/N-ethyl adjacent to an activating group) is 1. The highest BCUT2D eigenvalue weighted by Gasteiger charge is 2.24. The van der Waals surface area contributed by atoms with Gasteiger partial charge in [-0.2, -0.15) is 0 Å². The molecule has 0 radical (unpaired) electrons. The number of nitrogens with two attached hydrogens (primary N) is 1. The van der Waals surface area contributed by atoms with Crippen molar-refractivity contribution in [2.75, 3.05) is 24.2 Å². The normalized spacial score (nSPS) is 13.8. The number of thioether (sulfide) groups is 1. The monoisotopic (exact) mass is 323 g/mol. The van der Waals surface area contributed by atoms with Gasteiger partial charge in [0.25, 0.3) is 0 Å². The number of thiocarbonyl (C=S) groups is 1. The summed E-state index contributed by atoms with van der Waals surface area (Å²) in [4.78, 5) is 15.3. The molecular weight excluding hydrogens is 302 g/mol. The molecule has 4 nitrogen and oxygen atoms in total. The molecule has 3 N–H and O–H groups in total. The molecule has 1 saturated carbocycles. The minimum Gasteiger partial charge on any atom is -0.389 e. The highest BCUT2D eigenvalue weighted by Crippen LogP contribution is 2.30. The molecule has 0 unspecified atom stereocenters. The summed E-state index contributed by atoms with van der Waals surface area (Å²) in [6, 6.07) is 6.33. The van der Waals surface area contributed by atoms with Crippen LogP contribution < -0.4 is 16.0 Å². The summed E-state index contributed by atoms with van der Waals surface area (Å²) in [5.41, 5.74) is 7.67. The number of nitrogens with one attached hydrogen (secondary N) is 1. The molecule has 0 saturated heterocycles. The predicted octanol–water partition coefficient (Wildman–Crippen LogP) is 2.15. The third-order valence-corrected chi connectivity index (χ3v) is 4.43. The number of hydrogen-bond acceptors (Lipinski definition) is 4. The smallest absolute Gasteiger partial charge is 0.239 e. The molecule has 1 aliphatic rings. The second-order valence-corrected chi connectivity index (χ2v) is 6.89. The summed E-state index contributed by atoms with van der Waals surface area (Å²) >= 11 is 6.91. The van der Waals surface area contributed by atoms with E-state index in [9.17, 15) is 4.79 Å². The molecule has 1 amide bonds. The highest BCUT2D eigenvalue weighted by atomic mass is 32.2. The quantitative estimate of drug-likeness (QED) is 0.595. The van der Waals surface area contributed by atoms with Gasteiger partial charge in [-0.1, -0.05) is 25.2 Å². The first-order chi connectivity index (χ1) is 10.0. The Hall–Kier alpha value is -1.27. The number of anilines is 1. The molecule has 0 heterocycles. The van der Waals surface area contributed by atoms with Crippen LogP contribution in [0.15, 0.2) is 23.1 Å². The van der Waals surface area contributed by atoms with Crippen molar-refractivity contribution in [3.8, 4) is 0 Å². The lowest BCUT2D eigenvalue weighted by molar-refractivity contribution is -0.119. The van der Waals surface area contributed by atoms with Crippen molar-refractivity contribution in [1.29, 1.82) is 0 Å². The standard InChI is InChI=1S/C15H21N3OS2/c1-3-21-12-6-4-5-11(14(12)15(16)20)18(2)9-13(19)17-10-7-8-10/h4-6,10H,3,7-9H2,1-2H3,(H2,16,20)(H,17,19). The SMILES string of the molecule is CCSc1cccc(N(C)CC(=O)NC2CC2)c1C(N)=S. The van der Waals surface area contributed by atoms with E-state index in [0.29, 0.717) is 17.6 Å². The van der Waals surface area contributed by atoms with Crippen LogP contribution in [0, 0.1) is 0 Å². The minimum absolute atomic E-state index is 0.0439. The molecule has 2 rings (SSSR count). The zero-order valence-electron chi connectivity index (χ0n) is 12.4. The average Bonchev–Trinajstić information content (AvgIpc) is 3.22. The zero-order chi connectivity index (χ0) is 15.4. The van der Waals surface area contributed by atoms with E-state index < -0.39 is 0 Å². The van der Waals surface area contributed by atoms with Crippen molar-refractivity contribution < 1.29 is 4.79 Å². The van der Waals surface area contributed by atoms with E-state index in [2.05, 4.69) is 12.2 Å². The van der Waals surface area contributed by atoms with Crippen LogP contribution in [-0.4, -0.2) is 36.3 Å². The van der Waals surface area contributed by atoms with Gasteiger partial charge >= 0.3 is 0 Å². The van der Waals surface area contributed by atoms with Gasteiger partial charge in [0.05, 0.1) is 6.54 Å². The lowest BCUT2D eigenvalue weighted by Crippen LogP contribution is -2.37. The largest absolute Gasteiger partial charge is 0.389 e. The van der Waals surface area contributed by atoms with E-state index in [1.807, 2.05) is 30.1 Å². The predicted molar refractivity (Wildman–Crippen MR) is 93.2 cm³/mol. The van der Waals surface area contributed by atoms with Crippen molar-refractivity contribution in [3.05, 3.63) is 23.8 Å². The van der Waals surface area contributed by atoms with E-state index in [0.717, 1.165) is 34.7 Å². The first-order valence-corrected chi connectivity index (χ1v) is 8.48. The van der Waals surface area contributed by atoms with Crippen LogP contribution in [0.5, 0.6) is 0 Å². The van der Waals surface area contributed by atoms with E-state index >= 15 is 0 Å². The van der Waals surface area contributed by atoms with Crippen LogP contribution in [0.1, 0.15) is 25.3 Å². The molecule has 21 heavy (non-hydrogen) atoms. The number of carbonyl (C=O) groups excluding carboxylic acids is 1. The lowest BCUT2D eigenvalue weighted by Gasteiger charge is -2.23. The molecule has 6 heteroatoms. The molecule has 1 aliphatic carbocycles. The third-order valence-electron chi connectivity index (χ3n) is 3.28. The second kappa shape index (κ2) is 7.13. The molecule has 0 aromatic heterocycles. The maximum Gasteiger partial charge on any atom is 0.239 e. The number of amides is 1. The second-order valence-electron chi connectivity index (χ2n) is 5.15. The number of carbonyl (C=O) groups is 1. The van der Waals surface area contributed by atoms with Crippen molar-refractivity contribution in [1.82, 2.24) is 5.32 Å². The summed E-state index contributed by atoms with van der Waals surface area (Å²) in [6.07, 6.45) is 2.19. The van der Waals surface area contributed by atoms with Crippen molar-refractivity contribution in [2.24, 2.45) is 5.73 Å². The Morgan fingerprint density at radius 2 is 2.24 bits per heavy atom. The van der Waals surface area contributed by atoms with Crippen LogP contribution in [0.2, 0.25) is 0 Å². The maximum absolute atomic E-state index is 11.9. The number of rotatable bonds is 7. The average molecular weight is 323 g/mol. The van der Waals surface area contributed by atoms with Gasteiger partial charge in [-0.15, -0.1) is 11.8 Å². The number of nitrogens with zero attached hydrogens (tertiary/aromatic N) is 1. The summed E-state index contributed by atoms with van der Waals surface area (Å²) in [6.45, 7) is 2.40. The third kappa shape index (κ3) is 4.35. The molecule has 0 aliphatic heterocycles. The van der Waals surface area contributed by atoms with Gasteiger partial charge < -0.3 is 16.0 Å². The van der Waals surface area contributed by atoms with E-state index in [1.54, 1.807) is 11.8 Å². The van der Waals surface area contributed by atoms with Gasteiger partial charge in [-0.25, -0.2) is 0 Å². The Balaban J connectivity index is 2.18. The molecule has 1 fully saturated rings. The summed E-state index contributed by atoms with van der Waals surface area (Å²) in [5.74, 6) is 0.993. The van der Waals surface area contributed by atoms with Crippen LogP contribution in [0.25, 0.3) is 0 Å². The maximum atomic E-state index is 11.9. The van der Waals surface area contributed by atoms with Crippen LogP contribution in [0.4, 0.5) is 5.69 Å². The van der Waals surface area contributed by atoms with Gasteiger partial charge in [0.15, 0.2) is 0 Å². The first kappa shape index (κ1) is 16.1. The molecule has 0 bridgehead atoms. The Kier molecular flexibility index (Phi) is 5.47. The lowest BCUT2D eigenvalue weighted by atomic mass is 10.1. The molecular formula is C15H21N3OS2. The fourth-order valence-corrected chi connectivity index (χ4v) is 3.29. The molecule has 1 aromatic rings. The fraction of sp³-hybridized carbons (Fsp3) is 0.467. The molecule has 1 aromatic carbocycles. The van der Waals surface area contributed by atoms with Gasteiger partial charge in [0, 0.05) is 29.2 Å². The number of benzene rings is 1. The zero-order valence-corrected chi connectivity index (χ0v) is 14.0. The Morgan fingerprint density at radius 3 is 2.81 bits per heavy atom. The Bertz CT molecular complexity index is 544. The van der Waals surface area contributed by atoms with Crippen LogP contribution in [0.3, 0.4) is 0 Å². The van der Waals surface area contributed by atoms with Crippen molar-refractivity contribution in [2.45, 2.75) is 30.7 Å². The van der Waals surface area contributed by atoms with Gasteiger partial charge in [0.1, 0.15) is 4.99 Å². The highest BCUT2D eigenvalue weighted by molar-refractivity contribution is 7.99. The van der Waals surface area contributed by atoms with Gasteiger partial charge in [-0.3, -0.25) is 4.79 Å². The van der Waals surface area contributed by atoms with Crippen LogP contribution in [-0.2, 0) is 4.79 Å². The van der Waals surface area contributed by atoms with Gasteiger partial charge in [0.2, 0.25) is 5.91 Å². The van der Waals surface area contributed by atoms with Crippen LogP contribution >= 0.6 is 24.0 Å². The molecule has 0 spiro atoms. The molecule has 0 atom stereocenters. The summed E-state index contributed by atoms with van der Waals surface area (Å²) in [7, 11) is 1.89. The van der Waals surface area contributed by atoms with Gasteiger partial charge in [-0.05, 0) is 30.7 Å². The Labute approximate surface area is 135 Å². The minimum atomic E-state index is 0.0439. The van der Waals surface area contributed by atoms with E-state index in [-0.39, 0.29) is 5.91 Å². The summed E-state index contributed by atoms with van der Waals surface area (Å²) in [5, 5.41) is 2.99. The Morgan fingerprint density at radius 1 is 1.52 bits per heavy atom. The number of hydrogen-bond donors (Lipinski definition) is 2. The fourth-order valence-electron chi connectivity index (χ4n) is 2.16. The van der Waals surface area contributed by atoms with E-state index in [1.165, 1.54) is 0 Å². The van der Waals surface area contributed by atoms with Crippen molar-refractivity contribution in [3.63, 3.8) is 0 Å². The topological polar surface area (TPSA) is 58.4 Å². The first-order valence-electron chi connectivity index (χ1n) is 7.09. The van der Waals surface area contributed by atoms with Crippen molar-refractivity contribution >= 4 is 40.6 Å². The summed E-state index contributed by atoms with van der Waals surface area (Å²) < 4.78 is 0. The van der Waals surface area contributed by atoms with E-state index in [4.69, 9.17) is 18.0 Å².